The SMILES string of the molecule is COc1ccc(S(=O)(=O)NCCc2nnc(-c3ccccc3)o2)c2ccccc12. The van der Waals surface area contributed by atoms with Crippen molar-refractivity contribution in [2.75, 3.05) is 13.7 Å². The van der Waals surface area contributed by atoms with Crippen molar-refractivity contribution in [2.24, 2.45) is 0 Å². The average Bonchev–Trinajstić information content (AvgIpc) is 3.22. The maximum atomic E-state index is 12.8. The fraction of sp³-hybridized carbons (Fsp3) is 0.143. The number of ether oxygens (including phenoxy) is 1. The van der Waals surface area contributed by atoms with E-state index in [0.29, 0.717) is 22.9 Å². The number of fused-ring (bicyclic) bond motifs is 1. The molecule has 1 heterocycles. The molecule has 1 N–H and O–H groups in total. The summed E-state index contributed by atoms with van der Waals surface area (Å²) in [6.07, 6.45) is 0.285. The highest BCUT2D eigenvalue weighted by molar-refractivity contribution is 7.89. The third kappa shape index (κ3) is 3.98. The number of hydrogen-bond acceptors (Lipinski definition) is 6. The number of benzene rings is 3. The van der Waals surface area contributed by atoms with E-state index in [4.69, 9.17) is 9.15 Å². The van der Waals surface area contributed by atoms with E-state index >= 15 is 0 Å². The lowest BCUT2D eigenvalue weighted by atomic mass is 10.1. The van der Waals surface area contributed by atoms with Crippen LogP contribution in [0.25, 0.3) is 22.2 Å². The highest BCUT2D eigenvalue weighted by Crippen LogP contribution is 2.30. The Morgan fingerprint density at radius 2 is 1.66 bits per heavy atom. The van der Waals surface area contributed by atoms with Crippen LogP contribution in [0.1, 0.15) is 5.89 Å². The quantitative estimate of drug-likeness (QED) is 0.503. The van der Waals surface area contributed by atoms with E-state index in [2.05, 4.69) is 14.9 Å². The Morgan fingerprint density at radius 3 is 2.41 bits per heavy atom. The van der Waals surface area contributed by atoms with Crippen molar-refractivity contribution < 1.29 is 17.6 Å². The number of sulfonamides is 1. The first-order chi connectivity index (χ1) is 14.1. The summed E-state index contributed by atoms with van der Waals surface area (Å²) in [4.78, 5) is 0.199. The van der Waals surface area contributed by atoms with Gasteiger partial charge in [-0.05, 0) is 24.3 Å². The van der Waals surface area contributed by atoms with Gasteiger partial charge in [0.15, 0.2) is 0 Å². The zero-order valence-electron chi connectivity index (χ0n) is 15.7. The van der Waals surface area contributed by atoms with Gasteiger partial charge in [0.1, 0.15) is 5.75 Å². The van der Waals surface area contributed by atoms with Gasteiger partial charge in [-0.3, -0.25) is 0 Å². The topological polar surface area (TPSA) is 94.3 Å². The molecule has 0 aliphatic heterocycles. The average molecular weight is 409 g/mol. The van der Waals surface area contributed by atoms with Gasteiger partial charge in [-0.2, -0.15) is 0 Å². The normalized spacial score (nSPS) is 11.6. The molecule has 1 aromatic heterocycles. The van der Waals surface area contributed by atoms with Crippen LogP contribution in [0, 0.1) is 0 Å². The molecule has 4 rings (SSSR count). The lowest BCUT2D eigenvalue weighted by molar-refractivity contribution is 0.419. The minimum atomic E-state index is -3.72. The Bertz CT molecular complexity index is 1240. The summed E-state index contributed by atoms with van der Waals surface area (Å²) in [5, 5.41) is 9.34. The van der Waals surface area contributed by atoms with Crippen molar-refractivity contribution in [1.29, 1.82) is 0 Å². The summed E-state index contributed by atoms with van der Waals surface area (Å²) >= 11 is 0. The van der Waals surface area contributed by atoms with Gasteiger partial charge in [-0.15, -0.1) is 10.2 Å². The van der Waals surface area contributed by atoms with Gasteiger partial charge in [-0.25, -0.2) is 13.1 Å². The molecule has 0 spiro atoms. The fourth-order valence-corrected chi connectivity index (χ4v) is 4.32. The molecule has 8 heteroatoms. The van der Waals surface area contributed by atoms with Gasteiger partial charge in [0.25, 0.3) is 0 Å². The van der Waals surface area contributed by atoms with Gasteiger partial charge in [0.05, 0.1) is 12.0 Å². The Labute approximate surface area is 168 Å². The van der Waals surface area contributed by atoms with Crippen molar-refractivity contribution in [2.45, 2.75) is 11.3 Å². The highest BCUT2D eigenvalue weighted by Gasteiger charge is 2.19. The monoisotopic (exact) mass is 409 g/mol. The molecule has 29 heavy (non-hydrogen) atoms. The maximum Gasteiger partial charge on any atom is 0.247 e. The number of rotatable bonds is 7. The van der Waals surface area contributed by atoms with Gasteiger partial charge < -0.3 is 9.15 Å². The molecule has 0 fully saturated rings. The lowest BCUT2D eigenvalue weighted by Gasteiger charge is -2.11. The van der Waals surface area contributed by atoms with E-state index in [1.54, 1.807) is 31.4 Å². The molecule has 0 aliphatic rings. The summed E-state index contributed by atoms with van der Waals surface area (Å²) in [5.41, 5.74) is 0.816. The molecule has 0 atom stereocenters. The minimum absolute atomic E-state index is 0.138. The van der Waals surface area contributed by atoms with Crippen LogP contribution in [0.15, 0.2) is 76.0 Å². The van der Waals surface area contributed by atoms with E-state index in [9.17, 15) is 8.42 Å². The van der Waals surface area contributed by atoms with Crippen LogP contribution in [0.4, 0.5) is 0 Å². The molecule has 0 aliphatic carbocycles. The zero-order chi connectivity index (χ0) is 20.3. The maximum absolute atomic E-state index is 12.8. The van der Waals surface area contributed by atoms with E-state index < -0.39 is 10.0 Å². The van der Waals surface area contributed by atoms with Crippen LogP contribution in [0.2, 0.25) is 0 Å². The Kier molecular flexibility index (Phi) is 5.28. The van der Waals surface area contributed by atoms with Gasteiger partial charge in [-0.1, -0.05) is 42.5 Å². The second-order valence-electron chi connectivity index (χ2n) is 6.33. The number of methoxy groups -OCH3 is 1. The number of nitrogens with one attached hydrogen (secondary N) is 1. The smallest absolute Gasteiger partial charge is 0.247 e. The van der Waals surface area contributed by atoms with E-state index in [1.165, 1.54) is 0 Å². The van der Waals surface area contributed by atoms with Crippen LogP contribution in [0.3, 0.4) is 0 Å². The summed E-state index contributed by atoms with van der Waals surface area (Å²) in [7, 11) is -2.16. The zero-order valence-corrected chi connectivity index (χ0v) is 16.5. The molecule has 3 aromatic carbocycles. The summed E-state index contributed by atoms with van der Waals surface area (Å²) in [6, 6.07) is 19.8. The summed E-state index contributed by atoms with van der Waals surface area (Å²) in [6.45, 7) is 0.138. The van der Waals surface area contributed by atoms with Gasteiger partial charge >= 0.3 is 0 Å². The molecule has 4 aromatic rings. The van der Waals surface area contributed by atoms with Crippen LogP contribution < -0.4 is 9.46 Å². The molecule has 7 nitrogen and oxygen atoms in total. The lowest BCUT2D eigenvalue weighted by Crippen LogP contribution is -2.26. The largest absolute Gasteiger partial charge is 0.496 e. The second kappa shape index (κ2) is 8.02. The molecule has 148 valence electrons. The molecule has 0 radical (unpaired) electrons. The highest BCUT2D eigenvalue weighted by atomic mass is 32.2. The van der Waals surface area contributed by atoms with Crippen LogP contribution in [0.5, 0.6) is 5.75 Å². The summed E-state index contributed by atoms with van der Waals surface area (Å²) < 4.78 is 39.2. The first-order valence-corrected chi connectivity index (χ1v) is 10.5. The van der Waals surface area contributed by atoms with Crippen molar-refractivity contribution in [3.8, 4) is 17.2 Å². The molecular formula is C21H19N3O4S. The van der Waals surface area contributed by atoms with Crippen LogP contribution in [-0.4, -0.2) is 32.3 Å². The molecule has 0 amide bonds. The van der Waals surface area contributed by atoms with Crippen molar-refractivity contribution >= 4 is 20.8 Å². The Balaban J connectivity index is 1.49. The molecule has 0 saturated heterocycles. The van der Waals surface area contributed by atoms with E-state index in [-0.39, 0.29) is 17.9 Å². The second-order valence-corrected chi connectivity index (χ2v) is 8.06. The Hall–Kier alpha value is -3.23. The van der Waals surface area contributed by atoms with Crippen molar-refractivity contribution in [3.63, 3.8) is 0 Å². The van der Waals surface area contributed by atoms with Crippen molar-refractivity contribution in [1.82, 2.24) is 14.9 Å². The predicted octanol–water partition coefficient (Wildman–Crippen LogP) is 3.42. The van der Waals surface area contributed by atoms with E-state index in [0.717, 1.165) is 10.9 Å². The molecular weight excluding hydrogens is 390 g/mol. The van der Waals surface area contributed by atoms with Gasteiger partial charge in [0, 0.05) is 29.3 Å². The van der Waals surface area contributed by atoms with E-state index in [1.807, 2.05) is 42.5 Å². The third-order valence-corrected chi connectivity index (χ3v) is 5.99. The number of nitrogens with zero attached hydrogens (tertiary/aromatic N) is 2. The number of aromatic nitrogens is 2. The molecule has 0 unspecified atom stereocenters. The number of hydrogen-bond donors (Lipinski definition) is 1. The Morgan fingerprint density at radius 1 is 0.931 bits per heavy atom. The standard InChI is InChI=1S/C21H19N3O4S/c1-27-18-11-12-19(17-10-6-5-9-16(17)18)29(25,26)22-14-13-20-23-24-21(28-20)15-7-3-2-4-8-15/h2-12,22H,13-14H2,1H3. The predicted molar refractivity (Wildman–Crippen MR) is 109 cm³/mol. The van der Waals surface area contributed by atoms with Crippen molar-refractivity contribution in [3.05, 3.63) is 72.6 Å². The molecule has 0 saturated carbocycles. The minimum Gasteiger partial charge on any atom is -0.496 e. The fourth-order valence-electron chi connectivity index (χ4n) is 3.08. The van der Waals surface area contributed by atoms with Crippen LogP contribution >= 0.6 is 0 Å². The van der Waals surface area contributed by atoms with Gasteiger partial charge in [0.2, 0.25) is 21.8 Å². The van der Waals surface area contributed by atoms with Crippen LogP contribution in [-0.2, 0) is 16.4 Å². The first-order valence-electron chi connectivity index (χ1n) is 9.02. The first kappa shape index (κ1) is 19.1. The third-order valence-electron chi connectivity index (χ3n) is 4.47. The summed E-state index contributed by atoms with van der Waals surface area (Å²) in [5.74, 6) is 1.40. The molecule has 0 bridgehead atoms.